The SMILES string of the molecule is N#CC(C#N)C(Cc1ccc2cc(Br)ccc2n1)c1cn(-c2ccccc2)nc1-c1ccccc1. The first kappa shape index (κ1) is 22.5. The van der Waals surface area contributed by atoms with Gasteiger partial charge in [-0.05, 0) is 42.8 Å². The molecular formula is C29H20BrN5. The molecule has 1 unspecified atom stereocenters. The van der Waals surface area contributed by atoms with Crippen molar-refractivity contribution in [3.8, 4) is 29.1 Å². The zero-order valence-electron chi connectivity index (χ0n) is 18.7. The van der Waals surface area contributed by atoms with Crippen molar-refractivity contribution in [2.45, 2.75) is 12.3 Å². The first-order chi connectivity index (χ1) is 17.2. The molecule has 3 aromatic carbocycles. The number of aromatic nitrogens is 3. The Hall–Kier alpha value is -4.26. The number of benzene rings is 3. The highest BCUT2D eigenvalue weighted by Gasteiger charge is 2.29. The summed E-state index contributed by atoms with van der Waals surface area (Å²) in [6.07, 6.45) is 2.39. The van der Waals surface area contributed by atoms with Crippen LogP contribution in [0.2, 0.25) is 0 Å². The highest BCUT2D eigenvalue weighted by molar-refractivity contribution is 9.10. The van der Waals surface area contributed by atoms with Crippen molar-refractivity contribution in [1.29, 1.82) is 10.5 Å². The van der Waals surface area contributed by atoms with Crippen LogP contribution in [0.3, 0.4) is 0 Å². The number of hydrogen-bond donors (Lipinski definition) is 0. The lowest BCUT2D eigenvalue weighted by Crippen LogP contribution is -2.14. The van der Waals surface area contributed by atoms with E-state index in [0.717, 1.165) is 43.6 Å². The van der Waals surface area contributed by atoms with Gasteiger partial charge in [0.15, 0.2) is 0 Å². The highest BCUT2D eigenvalue weighted by atomic mass is 79.9. The third kappa shape index (κ3) is 4.71. The summed E-state index contributed by atoms with van der Waals surface area (Å²) in [5.41, 5.74) is 5.16. The fourth-order valence-corrected chi connectivity index (χ4v) is 4.66. The molecule has 0 aliphatic rings. The molecule has 0 aliphatic heterocycles. The summed E-state index contributed by atoms with van der Waals surface area (Å²) in [7, 11) is 0. The van der Waals surface area contributed by atoms with Gasteiger partial charge in [0.05, 0.1) is 29.0 Å². The van der Waals surface area contributed by atoms with E-state index in [1.165, 1.54) is 0 Å². The molecule has 0 amide bonds. The molecule has 0 saturated heterocycles. The number of pyridine rings is 1. The van der Waals surface area contributed by atoms with Crippen LogP contribution in [0.15, 0.2) is 102 Å². The molecule has 2 heterocycles. The average Bonchev–Trinajstić information content (AvgIpc) is 3.35. The van der Waals surface area contributed by atoms with Gasteiger partial charge in [0.2, 0.25) is 0 Å². The average molecular weight is 518 g/mol. The Kier molecular flexibility index (Phi) is 6.39. The Balaban J connectivity index is 1.64. The Labute approximate surface area is 212 Å². The maximum absolute atomic E-state index is 9.90. The number of nitriles is 2. The Morgan fingerprint density at radius 3 is 2.29 bits per heavy atom. The zero-order valence-corrected chi connectivity index (χ0v) is 20.3. The maximum Gasteiger partial charge on any atom is 0.140 e. The van der Waals surface area contributed by atoms with Crippen LogP contribution >= 0.6 is 15.9 Å². The van der Waals surface area contributed by atoms with Crippen molar-refractivity contribution in [3.05, 3.63) is 113 Å². The molecule has 0 aliphatic carbocycles. The fraction of sp³-hybridized carbons (Fsp3) is 0.103. The van der Waals surface area contributed by atoms with E-state index < -0.39 is 11.8 Å². The lowest BCUT2D eigenvalue weighted by Gasteiger charge is -2.18. The van der Waals surface area contributed by atoms with Gasteiger partial charge in [-0.1, -0.05) is 70.5 Å². The van der Waals surface area contributed by atoms with E-state index >= 15 is 0 Å². The second-order valence-electron chi connectivity index (χ2n) is 8.27. The summed E-state index contributed by atoms with van der Waals surface area (Å²) in [4.78, 5) is 4.83. The molecule has 0 fully saturated rings. The van der Waals surface area contributed by atoms with Crippen LogP contribution in [-0.4, -0.2) is 14.8 Å². The van der Waals surface area contributed by atoms with E-state index in [4.69, 9.17) is 10.1 Å². The molecule has 5 rings (SSSR count). The van der Waals surface area contributed by atoms with Crippen molar-refractivity contribution in [1.82, 2.24) is 14.8 Å². The van der Waals surface area contributed by atoms with E-state index in [2.05, 4.69) is 28.1 Å². The van der Waals surface area contributed by atoms with Gasteiger partial charge >= 0.3 is 0 Å². The Bertz CT molecular complexity index is 1550. The predicted molar refractivity (Wildman–Crippen MR) is 140 cm³/mol. The molecule has 1 atom stereocenters. The number of para-hydroxylation sites is 1. The van der Waals surface area contributed by atoms with Crippen LogP contribution in [0.5, 0.6) is 0 Å². The van der Waals surface area contributed by atoms with E-state index in [0.29, 0.717) is 6.42 Å². The quantitative estimate of drug-likeness (QED) is 0.247. The number of nitrogens with zero attached hydrogens (tertiary/aromatic N) is 5. The zero-order chi connectivity index (χ0) is 24.2. The number of halogens is 1. The first-order valence-electron chi connectivity index (χ1n) is 11.2. The van der Waals surface area contributed by atoms with Crippen LogP contribution in [-0.2, 0) is 6.42 Å². The van der Waals surface area contributed by atoms with Crippen molar-refractivity contribution in [3.63, 3.8) is 0 Å². The molecule has 5 nitrogen and oxygen atoms in total. The molecule has 0 radical (unpaired) electrons. The van der Waals surface area contributed by atoms with Gasteiger partial charge in [-0.3, -0.25) is 4.98 Å². The van der Waals surface area contributed by atoms with Crippen molar-refractivity contribution >= 4 is 26.8 Å². The predicted octanol–water partition coefficient (Wildman–Crippen LogP) is 6.84. The first-order valence-corrected chi connectivity index (χ1v) is 12.0. The van der Waals surface area contributed by atoms with Gasteiger partial charge in [-0.15, -0.1) is 0 Å². The lowest BCUT2D eigenvalue weighted by molar-refractivity contribution is 0.602. The smallest absolute Gasteiger partial charge is 0.140 e. The van der Waals surface area contributed by atoms with Crippen LogP contribution in [0.1, 0.15) is 17.2 Å². The molecule has 0 saturated carbocycles. The maximum atomic E-state index is 9.90. The minimum absolute atomic E-state index is 0.405. The highest BCUT2D eigenvalue weighted by Crippen LogP contribution is 2.36. The lowest BCUT2D eigenvalue weighted by atomic mass is 9.83. The van der Waals surface area contributed by atoms with Crippen molar-refractivity contribution in [2.24, 2.45) is 5.92 Å². The van der Waals surface area contributed by atoms with E-state index in [9.17, 15) is 10.5 Å². The molecule has 168 valence electrons. The minimum Gasteiger partial charge on any atom is -0.253 e. The summed E-state index contributed by atoms with van der Waals surface area (Å²) in [6.45, 7) is 0. The van der Waals surface area contributed by atoms with Crippen LogP contribution < -0.4 is 0 Å². The van der Waals surface area contributed by atoms with Gasteiger partial charge in [0, 0.05) is 38.8 Å². The van der Waals surface area contributed by atoms with Crippen LogP contribution in [0, 0.1) is 28.6 Å². The largest absolute Gasteiger partial charge is 0.253 e. The van der Waals surface area contributed by atoms with Gasteiger partial charge in [0.1, 0.15) is 5.92 Å². The third-order valence-corrected chi connectivity index (χ3v) is 6.52. The molecule has 5 aromatic rings. The molecule has 0 bridgehead atoms. The van der Waals surface area contributed by atoms with Gasteiger partial charge in [-0.25, -0.2) is 4.68 Å². The summed E-state index contributed by atoms with van der Waals surface area (Å²) in [5.74, 6) is -1.26. The van der Waals surface area contributed by atoms with Crippen molar-refractivity contribution in [2.75, 3.05) is 0 Å². The molecule has 0 spiro atoms. The Morgan fingerprint density at radius 1 is 0.857 bits per heavy atom. The fourth-order valence-electron chi connectivity index (χ4n) is 4.29. The molecule has 0 N–H and O–H groups in total. The standard InChI is InChI=1S/C29H20BrN5/c30-23-12-14-28-21(15-23)11-13-24(33-28)16-26(22(17-31)18-32)27-19-35(25-9-5-2-6-10-25)34-29(27)20-7-3-1-4-8-20/h1-15,19,22,26H,16H2. The van der Waals surface area contributed by atoms with E-state index in [1.807, 2.05) is 102 Å². The summed E-state index contributed by atoms with van der Waals surface area (Å²) in [5, 5.41) is 25.7. The molecule has 6 heteroatoms. The molecular weight excluding hydrogens is 498 g/mol. The minimum atomic E-state index is -0.853. The van der Waals surface area contributed by atoms with E-state index in [1.54, 1.807) is 0 Å². The third-order valence-electron chi connectivity index (χ3n) is 6.03. The van der Waals surface area contributed by atoms with E-state index in [-0.39, 0.29) is 0 Å². The van der Waals surface area contributed by atoms with Crippen molar-refractivity contribution < 1.29 is 0 Å². The number of rotatable bonds is 6. The second-order valence-corrected chi connectivity index (χ2v) is 9.18. The van der Waals surface area contributed by atoms with Gasteiger partial charge < -0.3 is 0 Å². The van der Waals surface area contributed by atoms with Crippen LogP contribution in [0.4, 0.5) is 0 Å². The summed E-state index contributed by atoms with van der Waals surface area (Å²) >= 11 is 3.50. The Morgan fingerprint density at radius 2 is 1.57 bits per heavy atom. The summed E-state index contributed by atoms with van der Waals surface area (Å²) in [6, 6.07) is 34.1. The summed E-state index contributed by atoms with van der Waals surface area (Å²) < 4.78 is 2.81. The topological polar surface area (TPSA) is 78.3 Å². The normalized spacial score (nSPS) is 11.8. The van der Waals surface area contributed by atoms with Crippen LogP contribution in [0.25, 0.3) is 27.8 Å². The second kappa shape index (κ2) is 9.93. The molecule has 35 heavy (non-hydrogen) atoms. The number of hydrogen-bond acceptors (Lipinski definition) is 4. The monoisotopic (exact) mass is 517 g/mol. The van der Waals surface area contributed by atoms with Gasteiger partial charge in [0.25, 0.3) is 0 Å². The molecule has 2 aromatic heterocycles. The number of fused-ring (bicyclic) bond motifs is 1. The van der Waals surface area contributed by atoms with Gasteiger partial charge in [-0.2, -0.15) is 15.6 Å².